The molecule has 3 atom stereocenters. The molecule has 3 heteroatoms. The first-order valence-corrected chi connectivity index (χ1v) is 6.87. The highest BCUT2D eigenvalue weighted by Crippen LogP contribution is 2.42. The lowest BCUT2D eigenvalue weighted by Gasteiger charge is -2.10. The average Bonchev–Trinajstić information content (AvgIpc) is 3.20. The van der Waals surface area contributed by atoms with Crippen LogP contribution in [0.2, 0.25) is 0 Å². The number of esters is 1. The summed E-state index contributed by atoms with van der Waals surface area (Å²) in [7, 11) is 0. The van der Waals surface area contributed by atoms with Crippen LogP contribution in [0.3, 0.4) is 0 Å². The molecule has 0 aliphatic heterocycles. The predicted molar refractivity (Wildman–Crippen MR) is 72.7 cm³/mol. The van der Waals surface area contributed by atoms with E-state index in [4.69, 9.17) is 4.74 Å². The Kier molecular flexibility index (Phi) is 4.35. The third-order valence-electron chi connectivity index (χ3n) is 3.67. The Labute approximate surface area is 114 Å². The first-order valence-electron chi connectivity index (χ1n) is 6.87. The second-order valence-corrected chi connectivity index (χ2v) is 5.18. The van der Waals surface area contributed by atoms with E-state index >= 15 is 0 Å². The number of ketones is 1. The van der Waals surface area contributed by atoms with Gasteiger partial charge in [-0.1, -0.05) is 37.3 Å². The van der Waals surface area contributed by atoms with Gasteiger partial charge in [0.15, 0.2) is 0 Å². The predicted octanol–water partition coefficient (Wildman–Crippen LogP) is 2.95. The molecule has 0 heterocycles. The minimum absolute atomic E-state index is 0.106. The van der Waals surface area contributed by atoms with Gasteiger partial charge >= 0.3 is 5.97 Å². The highest BCUT2D eigenvalue weighted by Gasteiger charge is 2.48. The Hall–Kier alpha value is -1.64. The fraction of sp³-hybridized carbons (Fsp3) is 0.500. The lowest BCUT2D eigenvalue weighted by molar-refractivity contribution is -0.145. The van der Waals surface area contributed by atoms with E-state index in [0.717, 1.165) is 0 Å². The molecule has 1 aliphatic carbocycles. The van der Waals surface area contributed by atoms with Gasteiger partial charge < -0.3 is 4.74 Å². The van der Waals surface area contributed by atoms with E-state index in [1.54, 1.807) is 6.92 Å². The summed E-state index contributed by atoms with van der Waals surface area (Å²) in [6, 6.07) is 10.0. The Morgan fingerprint density at radius 2 is 1.95 bits per heavy atom. The van der Waals surface area contributed by atoms with E-state index < -0.39 is 0 Å². The number of benzene rings is 1. The molecular formula is C16H20O3. The van der Waals surface area contributed by atoms with Crippen molar-refractivity contribution in [3.8, 4) is 0 Å². The van der Waals surface area contributed by atoms with E-state index in [-0.39, 0.29) is 29.5 Å². The van der Waals surface area contributed by atoms with E-state index in [9.17, 15) is 9.59 Å². The van der Waals surface area contributed by atoms with E-state index in [2.05, 4.69) is 6.92 Å². The molecule has 2 rings (SSSR count). The van der Waals surface area contributed by atoms with E-state index in [0.29, 0.717) is 19.4 Å². The van der Waals surface area contributed by atoms with Crippen LogP contribution in [0.4, 0.5) is 0 Å². The summed E-state index contributed by atoms with van der Waals surface area (Å²) in [6.07, 6.45) is 1.17. The quantitative estimate of drug-likeness (QED) is 0.739. The van der Waals surface area contributed by atoms with Crippen molar-refractivity contribution in [3.63, 3.8) is 0 Å². The molecule has 0 N–H and O–H groups in total. The molecule has 1 aromatic rings. The van der Waals surface area contributed by atoms with Crippen molar-refractivity contribution in [3.05, 3.63) is 35.9 Å². The zero-order chi connectivity index (χ0) is 13.8. The third kappa shape index (κ3) is 3.43. The molecular weight excluding hydrogens is 240 g/mol. The SMILES string of the molecule is CCOC(=O)[C@H]1C[C@@H]1C(=O)CC(C)c1ccccc1. The smallest absolute Gasteiger partial charge is 0.309 e. The van der Waals surface area contributed by atoms with Gasteiger partial charge in [-0.15, -0.1) is 0 Å². The van der Waals surface area contributed by atoms with Gasteiger partial charge in [-0.25, -0.2) is 0 Å². The van der Waals surface area contributed by atoms with Crippen LogP contribution in [0, 0.1) is 11.8 Å². The molecule has 1 aromatic carbocycles. The highest BCUT2D eigenvalue weighted by atomic mass is 16.5. The normalized spacial score (nSPS) is 22.6. The van der Waals surface area contributed by atoms with Crippen LogP contribution in [-0.4, -0.2) is 18.4 Å². The highest BCUT2D eigenvalue weighted by molar-refractivity contribution is 5.91. The van der Waals surface area contributed by atoms with Crippen LogP contribution >= 0.6 is 0 Å². The molecule has 0 bridgehead atoms. The van der Waals surface area contributed by atoms with Crippen molar-refractivity contribution in [1.82, 2.24) is 0 Å². The van der Waals surface area contributed by atoms with Crippen molar-refractivity contribution in [1.29, 1.82) is 0 Å². The molecule has 19 heavy (non-hydrogen) atoms. The van der Waals surface area contributed by atoms with Crippen LogP contribution in [0.1, 0.15) is 38.2 Å². The Morgan fingerprint density at radius 1 is 1.26 bits per heavy atom. The summed E-state index contributed by atoms with van der Waals surface area (Å²) in [5, 5.41) is 0. The van der Waals surface area contributed by atoms with Crippen LogP contribution in [0.25, 0.3) is 0 Å². The molecule has 1 saturated carbocycles. The largest absolute Gasteiger partial charge is 0.466 e. The summed E-state index contributed by atoms with van der Waals surface area (Å²) in [5.41, 5.74) is 1.17. The Bertz CT molecular complexity index is 452. The molecule has 1 fully saturated rings. The fourth-order valence-corrected chi connectivity index (χ4v) is 2.41. The molecule has 0 radical (unpaired) electrons. The van der Waals surface area contributed by atoms with Gasteiger partial charge in [0.1, 0.15) is 5.78 Å². The topological polar surface area (TPSA) is 43.4 Å². The second kappa shape index (κ2) is 6.00. The fourth-order valence-electron chi connectivity index (χ4n) is 2.41. The Balaban J connectivity index is 1.85. The zero-order valence-electron chi connectivity index (χ0n) is 11.5. The van der Waals surface area contributed by atoms with Crippen LogP contribution in [-0.2, 0) is 14.3 Å². The van der Waals surface area contributed by atoms with Crippen molar-refractivity contribution in [2.75, 3.05) is 6.61 Å². The number of rotatable bonds is 6. The van der Waals surface area contributed by atoms with Crippen molar-refractivity contribution >= 4 is 11.8 Å². The standard InChI is InChI=1S/C16H20O3/c1-3-19-16(18)14-10-13(14)15(17)9-11(2)12-7-5-4-6-8-12/h4-8,11,13-14H,3,9-10H2,1-2H3/t11?,13-,14-/m0/s1. The van der Waals surface area contributed by atoms with Crippen LogP contribution in [0.15, 0.2) is 30.3 Å². The molecule has 0 amide bonds. The van der Waals surface area contributed by atoms with Gasteiger partial charge in [-0.05, 0) is 24.8 Å². The van der Waals surface area contributed by atoms with Crippen molar-refractivity contribution < 1.29 is 14.3 Å². The maximum absolute atomic E-state index is 12.1. The Morgan fingerprint density at radius 3 is 2.58 bits per heavy atom. The van der Waals surface area contributed by atoms with Gasteiger partial charge in [0, 0.05) is 12.3 Å². The number of Topliss-reactive ketones (excluding diaryl/α,β-unsaturated/α-hetero) is 1. The summed E-state index contributed by atoms with van der Waals surface area (Å²) >= 11 is 0. The molecule has 1 aliphatic rings. The number of hydrogen-bond donors (Lipinski definition) is 0. The average molecular weight is 260 g/mol. The van der Waals surface area contributed by atoms with Gasteiger partial charge in [0.05, 0.1) is 12.5 Å². The van der Waals surface area contributed by atoms with Crippen molar-refractivity contribution in [2.45, 2.75) is 32.6 Å². The summed E-state index contributed by atoms with van der Waals surface area (Å²) in [4.78, 5) is 23.6. The van der Waals surface area contributed by atoms with Gasteiger partial charge in [-0.2, -0.15) is 0 Å². The number of carbonyl (C=O) groups excluding carboxylic acids is 2. The molecule has 3 nitrogen and oxygen atoms in total. The van der Waals surface area contributed by atoms with Crippen LogP contribution in [0.5, 0.6) is 0 Å². The molecule has 1 unspecified atom stereocenters. The van der Waals surface area contributed by atoms with E-state index in [1.165, 1.54) is 5.56 Å². The molecule has 0 saturated heterocycles. The number of ether oxygens (including phenoxy) is 1. The summed E-state index contributed by atoms with van der Waals surface area (Å²) < 4.78 is 4.94. The van der Waals surface area contributed by atoms with Crippen molar-refractivity contribution in [2.24, 2.45) is 11.8 Å². The first kappa shape index (κ1) is 13.8. The maximum Gasteiger partial charge on any atom is 0.309 e. The maximum atomic E-state index is 12.1. The minimum atomic E-state index is -0.215. The minimum Gasteiger partial charge on any atom is -0.466 e. The third-order valence-corrected chi connectivity index (χ3v) is 3.67. The van der Waals surface area contributed by atoms with Gasteiger partial charge in [0.25, 0.3) is 0 Å². The molecule has 102 valence electrons. The monoisotopic (exact) mass is 260 g/mol. The van der Waals surface area contributed by atoms with Gasteiger partial charge in [0.2, 0.25) is 0 Å². The van der Waals surface area contributed by atoms with Gasteiger partial charge in [-0.3, -0.25) is 9.59 Å². The van der Waals surface area contributed by atoms with Crippen LogP contribution < -0.4 is 0 Å². The van der Waals surface area contributed by atoms with E-state index in [1.807, 2.05) is 30.3 Å². The first-order chi connectivity index (χ1) is 9.13. The lowest BCUT2D eigenvalue weighted by Crippen LogP contribution is -2.13. The lowest BCUT2D eigenvalue weighted by atomic mass is 9.94. The number of carbonyl (C=O) groups is 2. The second-order valence-electron chi connectivity index (χ2n) is 5.18. The molecule has 0 spiro atoms. The summed E-state index contributed by atoms with van der Waals surface area (Å²) in [5.74, 6) is -0.111. The summed E-state index contributed by atoms with van der Waals surface area (Å²) in [6.45, 7) is 4.22. The zero-order valence-corrected chi connectivity index (χ0v) is 11.5. The number of hydrogen-bond acceptors (Lipinski definition) is 3. The molecule has 0 aromatic heterocycles.